The van der Waals surface area contributed by atoms with Crippen LogP contribution >= 0.6 is 12.2 Å². The van der Waals surface area contributed by atoms with Gasteiger partial charge in [-0.2, -0.15) is 0 Å². The largest absolute Gasteiger partial charge is 0.393 e. The molecule has 0 saturated carbocycles. The Kier molecular flexibility index (Phi) is 6.23. The number of nitrogens with one attached hydrogen (secondary N) is 2. The van der Waals surface area contributed by atoms with Crippen LogP contribution in [0.1, 0.15) is 5.56 Å². The predicted molar refractivity (Wildman–Crippen MR) is 85.0 cm³/mol. The number of rotatable bonds is 8. The first-order valence-electron chi connectivity index (χ1n) is 5.94. The summed E-state index contributed by atoms with van der Waals surface area (Å²) in [6, 6.07) is 6.06. The Morgan fingerprint density at radius 3 is 2.24 bits per heavy atom. The van der Waals surface area contributed by atoms with E-state index >= 15 is 0 Å². The van der Waals surface area contributed by atoms with Gasteiger partial charge in [0.1, 0.15) is 0 Å². The third-order valence-corrected chi connectivity index (χ3v) is 5.57. The minimum atomic E-state index is -3.74. The molecule has 0 saturated heterocycles. The van der Waals surface area contributed by atoms with Gasteiger partial charge in [-0.05, 0) is 24.7 Å². The first kappa shape index (κ1) is 18.0. The van der Waals surface area contributed by atoms with Crippen molar-refractivity contribution in [2.45, 2.75) is 11.3 Å². The fourth-order valence-corrected chi connectivity index (χ4v) is 3.39. The van der Waals surface area contributed by atoms with Gasteiger partial charge >= 0.3 is 0 Å². The van der Waals surface area contributed by atoms with Crippen LogP contribution in [0.25, 0.3) is 0 Å². The van der Waals surface area contributed by atoms with Crippen molar-refractivity contribution >= 4 is 37.3 Å². The minimum Gasteiger partial charge on any atom is -0.393 e. The molecule has 0 aromatic heterocycles. The van der Waals surface area contributed by atoms with E-state index in [4.69, 9.17) is 18.0 Å². The summed E-state index contributed by atoms with van der Waals surface area (Å²) >= 11 is 4.77. The van der Waals surface area contributed by atoms with E-state index in [1.165, 1.54) is 19.2 Å². The molecular weight excluding hydrogens is 334 g/mol. The lowest BCUT2D eigenvalue weighted by molar-refractivity contribution is 0.578. The van der Waals surface area contributed by atoms with Crippen LogP contribution in [0.4, 0.5) is 0 Å². The fourth-order valence-electron chi connectivity index (χ4n) is 1.48. The summed E-state index contributed by atoms with van der Waals surface area (Å²) in [6.45, 7) is -0.208. The summed E-state index contributed by atoms with van der Waals surface area (Å²) < 4.78 is 50.7. The standard InChI is InChI=1S/C11H17N3O4S3/c1-13-20(15,16)7-6-14-21(17,18)10-4-2-9(3-5-10)8-11(12)19/h2-5,13-14H,6-8H2,1H3,(H2,12,19). The third-order valence-electron chi connectivity index (χ3n) is 2.59. The molecule has 4 N–H and O–H groups in total. The summed E-state index contributed by atoms with van der Waals surface area (Å²) in [5, 5.41) is 0. The Labute approximate surface area is 130 Å². The number of hydrogen-bond donors (Lipinski definition) is 3. The van der Waals surface area contributed by atoms with Crippen molar-refractivity contribution < 1.29 is 16.8 Å². The highest BCUT2D eigenvalue weighted by molar-refractivity contribution is 7.90. The molecule has 0 aliphatic carbocycles. The van der Waals surface area contributed by atoms with Crippen molar-refractivity contribution in [1.82, 2.24) is 9.44 Å². The molecule has 0 amide bonds. The SMILES string of the molecule is CNS(=O)(=O)CCNS(=O)(=O)c1ccc(CC(N)=S)cc1. The number of benzene rings is 1. The summed E-state index contributed by atoms with van der Waals surface area (Å²) in [7, 11) is -5.92. The highest BCUT2D eigenvalue weighted by Crippen LogP contribution is 2.11. The number of thiocarbonyl (C=S) groups is 1. The van der Waals surface area contributed by atoms with E-state index in [9.17, 15) is 16.8 Å². The quantitative estimate of drug-likeness (QED) is 0.535. The van der Waals surface area contributed by atoms with Gasteiger partial charge < -0.3 is 5.73 Å². The molecule has 0 aliphatic heterocycles. The Hall–Kier alpha value is -1.07. The molecule has 118 valence electrons. The molecule has 0 radical (unpaired) electrons. The first-order chi connectivity index (χ1) is 9.66. The highest BCUT2D eigenvalue weighted by atomic mass is 32.2. The van der Waals surface area contributed by atoms with E-state index in [1.807, 2.05) is 0 Å². The molecule has 10 heteroatoms. The molecular formula is C11H17N3O4S3. The van der Waals surface area contributed by atoms with Crippen LogP contribution < -0.4 is 15.2 Å². The van der Waals surface area contributed by atoms with Gasteiger partial charge in [0.15, 0.2) is 0 Å². The van der Waals surface area contributed by atoms with Gasteiger partial charge in [-0.15, -0.1) is 0 Å². The minimum absolute atomic E-state index is 0.0519. The van der Waals surface area contributed by atoms with Crippen molar-refractivity contribution in [3.8, 4) is 0 Å². The number of hydrogen-bond acceptors (Lipinski definition) is 5. The van der Waals surface area contributed by atoms with Gasteiger partial charge in [-0.3, -0.25) is 0 Å². The van der Waals surface area contributed by atoms with Crippen molar-refractivity contribution in [3.05, 3.63) is 29.8 Å². The van der Waals surface area contributed by atoms with Gasteiger partial charge in [0.05, 0.1) is 15.6 Å². The van der Waals surface area contributed by atoms with Gasteiger partial charge in [-0.25, -0.2) is 26.3 Å². The molecule has 0 bridgehead atoms. The Balaban J connectivity index is 2.72. The third kappa shape index (κ3) is 6.06. The van der Waals surface area contributed by atoms with E-state index in [-0.39, 0.29) is 17.2 Å². The average Bonchev–Trinajstić information content (AvgIpc) is 2.38. The maximum atomic E-state index is 12.0. The van der Waals surface area contributed by atoms with Crippen LogP contribution in [0.15, 0.2) is 29.2 Å². The van der Waals surface area contributed by atoms with E-state index in [0.717, 1.165) is 5.56 Å². The lowest BCUT2D eigenvalue weighted by Crippen LogP contribution is -2.33. The van der Waals surface area contributed by atoms with Gasteiger partial charge in [0, 0.05) is 13.0 Å². The van der Waals surface area contributed by atoms with E-state index in [2.05, 4.69) is 9.44 Å². The molecule has 0 heterocycles. The van der Waals surface area contributed by atoms with Gasteiger partial charge in [-0.1, -0.05) is 24.4 Å². The monoisotopic (exact) mass is 351 g/mol. The molecule has 7 nitrogen and oxygen atoms in total. The van der Waals surface area contributed by atoms with E-state index in [0.29, 0.717) is 11.4 Å². The fraction of sp³-hybridized carbons (Fsp3) is 0.364. The van der Waals surface area contributed by atoms with Crippen molar-refractivity contribution in [1.29, 1.82) is 0 Å². The van der Waals surface area contributed by atoms with Crippen molar-refractivity contribution in [2.75, 3.05) is 19.3 Å². The Bertz CT molecular complexity index is 697. The lowest BCUT2D eigenvalue weighted by atomic mass is 10.1. The second-order valence-electron chi connectivity index (χ2n) is 4.21. The van der Waals surface area contributed by atoms with Crippen molar-refractivity contribution in [3.63, 3.8) is 0 Å². The second-order valence-corrected chi connectivity index (χ2v) is 8.55. The summed E-state index contributed by atoms with van der Waals surface area (Å²) in [5.41, 5.74) is 6.21. The topological polar surface area (TPSA) is 118 Å². The smallest absolute Gasteiger partial charge is 0.240 e. The number of sulfonamides is 2. The first-order valence-corrected chi connectivity index (χ1v) is 9.49. The Morgan fingerprint density at radius 1 is 1.19 bits per heavy atom. The molecule has 21 heavy (non-hydrogen) atoms. The summed E-state index contributed by atoms with van der Waals surface area (Å²) in [4.78, 5) is 0.372. The van der Waals surface area contributed by atoms with Crippen LogP contribution in [-0.2, 0) is 26.5 Å². The predicted octanol–water partition coefficient (Wildman–Crippen LogP) is -0.657. The van der Waals surface area contributed by atoms with E-state index in [1.54, 1.807) is 12.1 Å². The van der Waals surface area contributed by atoms with Gasteiger partial charge in [0.2, 0.25) is 20.0 Å². The van der Waals surface area contributed by atoms with Crippen molar-refractivity contribution in [2.24, 2.45) is 5.73 Å². The average molecular weight is 351 g/mol. The maximum Gasteiger partial charge on any atom is 0.240 e. The zero-order chi connectivity index (χ0) is 16.1. The van der Waals surface area contributed by atoms with E-state index < -0.39 is 20.0 Å². The second kappa shape index (κ2) is 7.27. The van der Waals surface area contributed by atoms with Crippen LogP contribution in [-0.4, -0.2) is 41.2 Å². The molecule has 1 aromatic carbocycles. The lowest BCUT2D eigenvalue weighted by Gasteiger charge is -2.08. The van der Waals surface area contributed by atoms with Crippen LogP contribution in [0.3, 0.4) is 0 Å². The van der Waals surface area contributed by atoms with Gasteiger partial charge in [0.25, 0.3) is 0 Å². The zero-order valence-electron chi connectivity index (χ0n) is 11.4. The Morgan fingerprint density at radius 2 is 1.76 bits per heavy atom. The molecule has 0 atom stereocenters. The maximum absolute atomic E-state index is 12.0. The van der Waals surface area contributed by atoms with Crippen LogP contribution in [0.5, 0.6) is 0 Å². The molecule has 1 rings (SSSR count). The number of nitrogens with two attached hydrogens (primary N) is 1. The van der Waals surface area contributed by atoms with Crippen LogP contribution in [0, 0.1) is 0 Å². The molecule has 1 aromatic rings. The van der Waals surface area contributed by atoms with Crippen LogP contribution in [0.2, 0.25) is 0 Å². The molecule has 0 spiro atoms. The molecule has 0 aliphatic rings. The summed E-state index contributed by atoms with van der Waals surface area (Å²) in [6.07, 6.45) is 0.392. The molecule has 0 fully saturated rings. The normalized spacial score (nSPS) is 12.2. The molecule has 0 unspecified atom stereocenters. The highest BCUT2D eigenvalue weighted by Gasteiger charge is 2.15. The zero-order valence-corrected chi connectivity index (χ0v) is 13.8. The summed E-state index contributed by atoms with van der Waals surface area (Å²) in [5.74, 6) is -0.331.